The van der Waals surface area contributed by atoms with Gasteiger partial charge < -0.3 is 10.1 Å². The van der Waals surface area contributed by atoms with Crippen LogP contribution in [-0.2, 0) is 19.4 Å². The van der Waals surface area contributed by atoms with E-state index in [1.807, 2.05) is 0 Å². The predicted octanol–water partition coefficient (Wildman–Crippen LogP) is 2.27. The molecule has 0 aliphatic rings. The fraction of sp³-hybridized carbons (Fsp3) is 0.176. The van der Waals surface area contributed by atoms with Gasteiger partial charge in [0.05, 0.1) is 10.5 Å². The van der Waals surface area contributed by atoms with Gasteiger partial charge >= 0.3 is 5.97 Å². The Balaban J connectivity index is 2.11. The van der Waals surface area contributed by atoms with Gasteiger partial charge in [0.1, 0.15) is 0 Å². The van der Waals surface area contributed by atoms with Gasteiger partial charge in [0.2, 0.25) is 0 Å². The van der Waals surface area contributed by atoms with Crippen molar-refractivity contribution in [3.63, 3.8) is 0 Å². The molecule has 24 heavy (non-hydrogen) atoms. The van der Waals surface area contributed by atoms with Crippen molar-refractivity contribution < 1.29 is 22.7 Å². The van der Waals surface area contributed by atoms with Crippen LogP contribution < -0.4 is 5.32 Å². The Hall–Kier alpha value is -2.67. The highest BCUT2D eigenvalue weighted by Gasteiger charge is 2.23. The van der Waals surface area contributed by atoms with Crippen LogP contribution in [0.5, 0.6) is 0 Å². The van der Waals surface area contributed by atoms with Crippen LogP contribution in [-0.4, -0.2) is 32.7 Å². The molecule has 0 fully saturated rings. The maximum absolute atomic E-state index is 12.2. The number of carbonyl (C=O) groups is 2. The van der Waals surface area contributed by atoms with E-state index in [9.17, 15) is 18.0 Å². The van der Waals surface area contributed by atoms with Crippen molar-refractivity contribution in [1.29, 1.82) is 0 Å². The van der Waals surface area contributed by atoms with Crippen molar-refractivity contribution in [2.45, 2.75) is 17.9 Å². The molecule has 2 rings (SSSR count). The molecule has 0 heterocycles. The van der Waals surface area contributed by atoms with Crippen LogP contribution in [0.4, 0.5) is 5.69 Å². The number of carbonyl (C=O) groups excluding carboxylic acids is 2. The van der Waals surface area contributed by atoms with E-state index in [2.05, 4.69) is 5.32 Å². The van der Waals surface area contributed by atoms with E-state index in [-0.39, 0.29) is 10.5 Å². The zero-order valence-corrected chi connectivity index (χ0v) is 14.0. The quantitative estimate of drug-likeness (QED) is 0.838. The van der Waals surface area contributed by atoms with E-state index in [1.165, 1.54) is 31.2 Å². The normalized spacial score (nSPS) is 12.2. The molecule has 1 atom stereocenters. The number of nitrogens with one attached hydrogen (secondary N) is 1. The van der Waals surface area contributed by atoms with Crippen LogP contribution in [0, 0.1) is 0 Å². The third-order valence-electron chi connectivity index (χ3n) is 3.20. The zero-order chi connectivity index (χ0) is 17.7. The summed E-state index contributed by atoms with van der Waals surface area (Å²) in [7, 11) is -3.58. The van der Waals surface area contributed by atoms with Crippen molar-refractivity contribution in [1.82, 2.24) is 0 Å². The number of hydrogen-bond donors (Lipinski definition) is 1. The van der Waals surface area contributed by atoms with E-state index in [4.69, 9.17) is 4.74 Å². The number of rotatable bonds is 5. The lowest BCUT2D eigenvalue weighted by molar-refractivity contribution is -0.123. The molecule has 0 radical (unpaired) electrons. The molecule has 0 aliphatic heterocycles. The second-order valence-electron chi connectivity index (χ2n) is 5.17. The summed E-state index contributed by atoms with van der Waals surface area (Å²) in [6.07, 6.45) is -0.0738. The largest absolute Gasteiger partial charge is 0.449 e. The Morgan fingerprint density at radius 2 is 1.58 bits per heavy atom. The summed E-state index contributed by atoms with van der Waals surface area (Å²) in [6.45, 7) is 1.42. The topological polar surface area (TPSA) is 89.5 Å². The van der Waals surface area contributed by atoms with E-state index >= 15 is 0 Å². The summed E-state index contributed by atoms with van der Waals surface area (Å²) < 4.78 is 28.6. The summed E-state index contributed by atoms with van der Waals surface area (Å²) in [5, 5.41) is 2.61. The van der Waals surface area contributed by atoms with Crippen LogP contribution in [0.25, 0.3) is 0 Å². The van der Waals surface area contributed by atoms with Crippen LogP contribution in [0.15, 0.2) is 59.5 Å². The Kier molecular flexibility index (Phi) is 5.35. The lowest BCUT2D eigenvalue weighted by Crippen LogP contribution is -2.30. The Morgan fingerprint density at radius 3 is 2.21 bits per heavy atom. The highest BCUT2D eigenvalue weighted by Crippen LogP contribution is 2.17. The first-order valence-electron chi connectivity index (χ1n) is 7.15. The van der Waals surface area contributed by atoms with Crippen molar-refractivity contribution in [3.05, 3.63) is 60.2 Å². The van der Waals surface area contributed by atoms with Crippen molar-refractivity contribution >= 4 is 27.4 Å². The van der Waals surface area contributed by atoms with Crippen LogP contribution in [0.2, 0.25) is 0 Å². The number of ether oxygens (including phenoxy) is 1. The average Bonchev–Trinajstić information content (AvgIpc) is 2.55. The van der Waals surface area contributed by atoms with E-state index < -0.39 is 27.8 Å². The van der Waals surface area contributed by atoms with E-state index in [0.29, 0.717) is 5.69 Å². The summed E-state index contributed by atoms with van der Waals surface area (Å²) in [5.74, 6) is -1.38. The first kappa shape index (κ1) is 17.7. The first-order chi connectivity index (χ1) is 11.3. The van der Waals surface area contributed by atoms with Gasteiger partial charge in [-0.15, -0.1) is 0 Å². The highest BCUT2D eigenvalue weighted by atomic mass is 32.2. The minimum atomic E-state index is -3.58. The van der Waals surface area contributed by atoms with Crippen molar-refractivity contribution in [3.8, 4) is 0 Å². The molecule has 0 aliphatic carbocycles. The monoisotopic (exact) mass is 347 g/mol. The molecule has 0 bridgehead atoms. The number of amides is 1. The maximum Gasteiger partial charge on any atom is 0.340 e. The van der Waals surface area contributed by atoms with Gasteiger partial charge in [-0.05, 0) is 31.2 Å². The molecule has 2 aromatic carbocycles. The minimum absolute atomic E-state index is 0.0978. The van der Waals surface area contributed by atoms with Gasteiger partial charge in [0.25, 0.3) is 5.91 Å². The Labute approximate surface area is 140 Å². The predicted molar refractivity (Wildman–Crippen MR) is 89.5 cm³/mol. The molecule has 1 amide bonds. The number of esters is 1. The number of benzene rings is 2. The Morgan fingerprint density at radius 1 is 1.00 bits per heavy atom. The van der Waals surface area contributed by atoms with Gasteiger partial charge in [0.15, 0.2) is 15.9 Å². The summed E-state index contributed by atoms with van der Waals surface area (Å²) >= 11 is 0. The van der Waals surface area contributed by atoms with Gasteiger partial charge in [0, 0.05) is 11.9 Å². The molecule has 2 aromatic rings. The van der Waals surface area contributed by atoms with Crippen molar-refractivity contribution in [2.24, 2.45) is 0 Å². The number of hydrogen-bond acceptors (Lipinski definition) is 5. The molecule has 0 spiro atoms. The molecular weight excluding hydrogens is 330 g/mol. The van der Waals surface area contributed by atoms with E-state index in [1.54, 1.807) is 30.3 Å². The standard InChI is InChI=1S/C17H17NO5S/c1-12(16(19)18-13-8-4-3-5-9-13)23-17(20)14-10-6-7-11-15(14)24(2,21)22/h3-12H,1-2H3,(H,18,19). The maximum atomic E-state index is 12.2. The highest BCUT2D eigenvalue weighted by molar-refractivity contribution is 7.90. The average molecular weight is 347 g/mol. The fourth-order valence-electron chi connectivity index (χ4n) is 2.00. The third kappa shape index (κ3) is 4.42. The SMILES string of the molecule is CC(OC(=O)c1ccccc1S(C)(=O)=O)C(=O)Nc1ccccc1. The third-order valence-corrected chi connectivity index (χ3v) is 4.36. The molecule has 6 nitrogen and oxygen atoms in total. The first-order valence-corrected chi connectivity index (χ1v) is 9.04. The van der Waals surface area contributed by atoms with Crippen molar-refractivity contribution in [2.75, 3.05) is 11.6 Å². The zero-order valence-electron chi connectivity index (χ0n) is 13.2. The van der Waals surface area contributed by atoms with Gasteiger partial charge in [-0.1, -0.05) is 30.3 Å². The second kappa shape index (κ2) is 7.27. The van der Waals surface area contributed by atoms with E-state index in [0.717, 1.165) is 6.26 Å². The summed E-state index contributed by atoms with van der Waals surface area (Å²) in [4.78, 5) is 24.1. The molecule has 0 saturated heterocycles. The molecular formula is C17H17NO5S. The molecule has 0 saturated carbocycles. The summed E-state index contributed by atoms with van der Waals surface area (Å²) in [6, 6.07) is 14.4. The molecule has 126 valence electrons. The minimum Gasteiger partial charge on any atom is -0.449 e. The van der Waals surface area contributed by atoms with Gasteiger partial charge in [-0.2, -0.15) is 0 Å². The number of sulfone groups is 1. The number of anilines is 1. The lowest BCUT2D eigenvalue weighted by Gasteiger charge is -2.14. The number of para-hydroxylation sites is 1. The van der Waals surface area contributed by atoms with Crippen LogP contribution in [0.1, 0.15) is 17.3 Å². The van der Waals surface area contributed by atoms with Crippen LogP contribution >= 0.6 is 0 Å². The molecule has 0 aromatic heterocycles. The second-order valence-corrected chi connectivity index (χ2v) is 7.16. The Bertz CT molecular complexity index is 846. The molecule has 1 unspecified atom stereocenters. The fourth-order valence-corrected chi connectivity index (χ4v) is 2.88. The lowest BCUT2D eigenvalue weighted by atomic mass is 10.2. The molecule has 7 heteroatoms. The van der Waals surface area contributed by atoms with Crippen LogP contribution in [0.3, 0.4) is 0 Å². The molecule has 1 N–H and O–H groups in total. The summed E-state index contributed by atoms with van der Waals surface area (Å²) in [5.41, 5.74) is 0.473. The smallest absolute Gasteiger partial charge is 0.340 e. The van der Waals surface area contributed by atoms with Gasteiger partial charge in [-0.3, -0.25) is 4.79 Å². The van der Waals surface area contributed by atoms with Gasteiger partial charge in [-0.25, -0.2) is 13.2 Å².